The summed E-state index contributed by atoms with van der Waals surface area (Å²) in [6.07, 6.45) is 1.23. The summed E-state index contributed by atoms with van der Waals surface area (Å²) in [6.45, 7) is 11.3. The minimum Gasteiger partial charge on any atom is -0.308 e. The highest BCUT2D eigenvalue weighted by molar-refractivity contribution is 5.28. The van der Waals surface area contributed by atoms with Crippen molar-refractivity contribution in [2.24, 2.45) is 5.92 Å². The van der Waals surface area contributed by atoms with Crippen molar-refractivity contribution in [1.29, 1.82) is 0 Å². The number of aryl methyl sites for hydroxylation is 1. The van der Waals surface area contributed by atoms with Crippen LogP contribution in [0.2, 0.25) is 0 Å². The largest absolute Gasteiger partial charge is 0.308 e. The van der Waals surface area contributed by atoms with Gasteiger partial charge in [-0.05, 0) is 44.2 Å². The monoisotopic (exact) mass is 219 g/mol. The van der Waals surface area contributed by atoms with Crippen LogP contribution >= 0.6 is 0 Å². The molecule has 1 heteroatoms. The molecule has 0 aliphatic carbocycles. The van der Waals surface area contributed by atoms with Crippen molar-refractivity contribution < 1.29 is 0 Å². The van der Waals surface area contributed by atoms with Crippen LogP contribution in [-0.2, 0) is 0 Å². The van der Waals surface area contributed by atoms with Crippen molar-refractivity contribution in [3.8, 4) is 0 Å². The molecule has 0 saturated carbocycles. The normalized spacial score (nSPS) is 15.1. The molecule has 0 bridgehead atoms. The zero-order valence-electron chi connectivity index (χ0n) is 11.2. The summed E-state index contributed by atoms with van der Waals surface area (Å²) in [4.78, 5) is 0. The topological polar surface area (TPSA) is 12.0 Å². The van der Waals surface area contributed by atoms with Crippen molar-refractivity contribution in [2.45, 2.75) is 53.1 Å². The Hall–Kier alpha value is -0.820. The molecule has 1 N–H and O–H groups in total. The average Bonchev–Trinajstić information content (AvgIpc) is 2.16. The highest BCUT2D eigenvalue weighted by atomic mass is 14.9. The van der Waals surface area contributed by atoms with Crippen LogP contribution in [0.5, 0.6) is 0 Å². The smallest absolute Gasteiger partial charge is 0.0296 e. The van der Waals surface area contributed by atoms with Crippen LogP contribution in [0, 0.1) is 12.8 Å². The number of hydrogen-bond acceptors (Lipinski definition) is 1. The van der Waals surface area contributed by atoms with Crippen LogP contribution in [0.15, 0.2) is 24.3 Å². The van der Waals surface area contributed by atoms with Gasteiger partial charge in [-0.2, -0.15) is 0 Å². The number of nitrogens with one attached hydrogen (secondary N) is 1. The third-order valence-corrected chi connectivity index (χ3v) is 3.01. The molecule has 0 aliphatic rings. The quantitative estimate of drug-likeness (QED) is 0.787. The molecule has 0 heterocycles. The molecule has 16 heavy (non-hydrogen) atoms. The van der Waals surface area contributed by atoms with Gasteiger partial charge in [0.15, 0.2) is 0 Å². The lowest BCUT2D eigenvalue weighted by molar-refractivity contribution is 0.406. The van der Waals surface area contributed by atoms with E-state index < -0.39 is 0 Å². The van der Waals surface area contributed by atoms with Gasteiger partial charge in [0.25, 0.3) is 0 Å². The Bertz CT molecular complexity index is 317. The molecule has 2 atom stereocenters. The second-order valence-corrected chi connectivity index (χ2v) is 5.28. The zero-order chi connectivity index (χ0) is 12.1. The maximum Gasteiger partial charge on any atom is 0.0296 e. The molecule has 0 radical (unpaired) electrons. The zero-order valence-corrected chi connectivity index (χ0v) is 11.2. The van der Waals surface area contributed by atoms with Crippen molar-refractivity contribution in [3.05, 3.63) is 35.4 Å². The van der Waals surface area contributed by atoms with Gasteiger partial charge in [0.1, 0.15) is 0 Å². The molecule has 0 saturated heterocycles. The first-order valence-electron chi connectivity index (χ1n) is 6.32. The average molecular weight is 219 g/mol. The van der Waals surface area contributed by atoms with Crippen LogP contribution in [0.25, 0.3) is 0 Å². The van der Waals surface area contributed by atoms with E-state index in [1.165, 1.54) is 17.5 Å². The van der Waals surface area contributed by atoms with Crippen LogP contribution in [0.1, 0.15) is 51.3 Å². The fourth-order valence-electron chi connectivity index (χ4n) is 2.36. The van der Waals surface area contributed by atoms with E-state index in [9.17, 15) is 0 Å². The van der Waals surface area contributed by atoms with E-state index in [4.69, 9.17) is 0 Å². The van der Waals surface area contributed by atoms with Gasteiger partial charge in [-0.15, -0.1) is 0 Å². The predicted molar refractivity (Wildman–Crippen MR) is 71.6 cm³/mol. The van der Waals surface area contributed by atoms with Gasteiger partial charge in [0.2, 0.25) is 0 Å². The van der Waals surface area contributed by atoms with Gasteiger partial charge in [0.05, 0.1) is 0 Å². The Kier molecular flexibility index (Phi) is 5.01. The molecule has 1 nitrogen and oxygen atoms in total. The first-order chi connectivity index (χ1) is 7.50. The molecular weight excluding hydrogens is 194 g/mol. The van der Waals surface area contributed by atoms with E-state index in [2.05, 4.69) is 64.2 Å². The van der Waals surface area contributed by atoms with E-state index in [1.807, 2.05) is 0 Å². The second kappa shape index (κ2) is 6.05. The molecular formula is C15H25N. The van der Waals surface area contributed by atoms with Gasteiger partial charge in [-0.25, -0.2) is 0 Å². The summed E-state index contributed by atoms with van der Waals surface area (Å²) < 4.78 is 0. The molecule has 0 aromatic heterocycles. The van der Waals surface area contributed by atoms with E-state index in [0.29, 0.717) is 12.1 Å². The third-order valence-electron chi connectivity index (χ3n) is 3.01. The number of rotatable bonds is 5. The highest BCUT2D eigenvalue weighted by Gasteiger charge is 2.11. The Labute approximate surface area is 100 Å². The summed E-state index contributed by atoms with van der Waals surface area (Å²) in [6, 6.07) is 9.64. The van der Waals surface area contributed by atoms with Gasteiger partial charge >= 0.3 is 0 Å². The van der Waals surface area contributed by atoms with E-state index in [-0.39, 0.29) is 0 Å². The molecule has 0 spiro atoms. The summed E-state index contributed by atoms with van der Waals surface area (Å²) in [5.74, 6) is 0.756. The maximum absolute atomic E-state index is 3.67. The van der Waals surface area contributed by atoms with Crippen LogP contribution in [-0.4, -0.2) is 6.04 Å². The molecule has 2 unspecified atom stereocenters. The molecule has 1 rings (SSSR count). The van der Waals surface area contributed by atoms with Gasteiger partial charge in [0, 0.05) is 12.1 Å². The van der Waals surface area contributed by atoms with Crippen molar-refractivity contribution >= 4 is 0 Å². The summed E-state index contributed by atoms with van der Waals surface area (Å²) in [7, 11) is 0. The number of benzene rings is 1. The van der Waals surface area contributed by atoms with Gasteiger partial charge in [-0.3, -0.25) is 0 Å². The van der Waals surface area contributed by atoms with Crippen LogP contribution < -0.4 is 5.32 Å². The lowest BCUT2D eigenvalue weighted by Crippen LogP contribution is -2.30. The highest BCUT2D eigenvalue weighted by Crippen LogP contribution is 2.18. The molecule has 1 aromatic rings. The first kappa shape index (κ1) is 13.2. The minimum absolute atomic E-state index is 0.440. The lowest BCUT2D eigenvalue weighted by Gasteiger charge is -2.23. The van der Waals surface area contributed by atoms with Crippen LogP contribution in [0.3, 0.4) is 0 Å². The van der Waals surface area contributed by atoms with Gasteiger partial charge in [-0.1, -0.05) is 38.1 Å². The summed E-state index contributed by atoms with van der Waals surface area (Å²) in [5.41, 5.74) is 2.79. The maximum atomic E-state index is 3.67. The molecule has 90 valence electrons. The summed E-state index contributed by atoms with van der Waals surface area (Å²) >= 11 is 0. The van der Waals surface area contributed by atoms with Crippen molar-refractivity contribution in [2.75, 3.05) is 0 Å². The van der Waals surface area contributed by atoms with Crippen molar-refractivity contribution in [3.63, 3.8) is 0 Å². The SMILES string of the molecule is Cc1ccccc1C(C)NC(C)CC(C)C. The fourth-order valence-corrected chi connectivity index (χ4v) is 2.36. The molecule has 0 aliphatic heterocycles. The Morgan fingerprint density at radius 2 is 1.69 bits per heavy atom. The lowest BCUT2D eigenvalue weighted by atomic mass is 10.00. The predicted octanol–water partition coefficient (Wildman–Crippen LogP) is 4.08. The van der Waals surface area contributed by atoms with E-state index in [1.54, 1.807) is 0 Å². The molecule has 0 amide bonds. The van der Waals surface area contributed by atoms with E-state index in [0.717, 1.165) is 5.92 Å². The van der Waals surface area contributed by atoms with Crippen LogP contribution in [0.4, 0.5) is 0 Å². The van der Waals surface area contributed by atoms with Gasteiger partial charge < -0.3 is 5.32 Å². The first-order valence-corrected chi connectivity index (χ1v) is 6.32. The second-order valence-electron chi connectivity index (χ2n) is 5.28. The summed E-state index contributed by atoms with van der Waals surface area (Å²) in [5, 5.41) is 3.67. The fraction of sp³-hybridized carbons (Fsp3) is 0.600. The Morgan fingerprint density at radius 1 is 1.06 bits per heavy atom. The number of hydrogen-bond donors (Lipinski definition) is 1. The Morgan fingerprint density at radius 3 is 2.25 bits per heavy atom. The van der Waals surface area contributed by atoms with Crippen molar-refractivity contribution in [1.82, 2.24) is 5.32 Å². The Balaban J connectivity index is 2.58. The van der Waals surface area contributed by atoms with E-state index >= 15 is 0 Å². The minimum atomic E-state index is 0.440. The molecule has 0 fully saturated rings. The third kappa shape index (κ3) is 3.97. The standard InChI is InChI=1S/C15H25N/c1-11(2)10-13(4)16-14(5)15-9-7-6-8-12(15)3/h6-9,11,13-14,16H,10H2,1-5H3. The molecule has 1 aromatic carbocycles.